The summed E-state index contributed by atoms with van der Waals surface area (Å²) in [4.78, 5) is 42.3. The molecule has 8 nitrogen and oxygen atoms in total. The lowest BCUT2D eigenvalue weighted by atomic mass is 9.98. The predicted molar refractivity (Wildman–Crippen MR) is 139 cm³/mol. The minimum absolute atomic E-state index is 0.0375. The molecule has 3 aliphatic rings. The molecular formula is C29H35N3O5. The Bertz CT molecular complexity index is 1140. The first-order chi connectivity index (χ1) is 17.7. The van der Waals surface area contributed by atoms with Gasteiger partial charge in [0.2, 0.25) is 5.91 Å². The molecule has 2 fully saturated rings. The highest BCUT2D eigenvalue weighted by molar-refractivity contribution is 5.87. The Kier molecular flexibility index (Phi) is 6.84. The van der Waals surface area contributed by atoms with Gasteiger partial charge in [0.1, 0.15) is 18.2 Å². The molecule has 0 saturated carbocycles. The molecule has 5 rings (SSSR count). The zero-order valence-corrected chi connectivity index (χ0v) is 21.7. The number of nitrogens with one attached hydrogen (secondary N) is 1. The lowest BCUT2D eigenvalue weighted by Gasteiger charge is -2.29. The Hall–Kier alpha value is -3.55. The van der Waals surface area contributed by atoms with Crippen LogP contribution in [-0.2, 0) is 14.3 Å². The van der Waals surface area contributed by atoms with E-state index in [1.165, 1.54) is 16.0 Å². The highest BCUT2D eigenvalue weighted by Gasteiger charge is 2.44. The summed E-state index contributed by atoms with van der Waals surface area (Å²) in [5, 5.41) is 2.89. The second-order valence-corrected chi connectivity index (χ2v) is 11.1. The van der Waals surface area contributed by atoms with E-state index in [0.29, 0.717) is 19.5 Å². The number of nitrogens with zero attached hydrogens (tertiary/aromatic N) is 2. The number of hydrogen-bond acceptors (Lipinski definition) is 5. The van der Waals surface area contributed by atoms with Gasteiger partial charge in [0.25, 0.3) is 0 Å². The number of benzene rings is 2. The number of ether oxygens (including phenoxy) is 2. The maximum absolute atomic E-state index is 13.2. The molecule has 2 aromatic carbocycles. The van der Waals surface area contributed by atoms with E-state index < -0.39 is 29.9 Å². The fourth-order valence-electron chi connectivity index (χ4n) is 5.65. The zero-order valence-electron chi connectivity index (χ0n) is 21.7. The number of carbonyl (C=O) groups is 3. The van der Waals surface area contributed by atoms with Gasteiger partial charge >= 0.3 is 12.2 Å². The van der Waals surface area contributed by atoms with Gasteiger partial charge in [-0.2, -0.15) is 0 Å². The van der Waals surface area contributed by atoms with E-state index >= 15 is 0 Å². The average molecular weight is 506 g/mol. The first-order valence-electron chi connectivity index (χ1n) is 13.1. The lowest BCUT2D eigenvalue weighted by Crippen LogP contribution is -2.48. The Morgan fingerprint density at radius 1 is 0.946 bits per heavy atom. The first kappa shape index (κ1) is 25.1. The van der Waals surface area contributed by atoms with E-state index in [0.717, 1.165) is 24.0 Å². The molecule has 0 bridgehead atoms. The Labute approximate surface area is 217 Å². The molecule has 0 radical (unpaired) electrons. The van der Waals surface area contributed by atoms with Gasteiger partial charge in [0.15, 0.2) is 0 Å². The Morgan fingerprint density at radius 3 is 2.14 bits per heavy atom. The van der Waals surface area contributed by atoms with Crippen LogP contribution in [0.2, 0.25) is 0 Å². The molecule has 0 aromatic heterocycles. The number of amides is 3. The molecule has 37 heavy (non-hydrogen) atoms. The van der Waals surface area contributed by atoms with Crippen LogP contribution in [0.1, 0.15) is 57.1 Å². The summed E-state index contributed by atoms with van der Waals surface area (Å²) in [7, 11) is 0. The fourth-order valence-corrected chi connectivity index (χ4v) is 5.65. The lowest BCUT2D eigenvalue weighted by molar-refractivity contribution is -0.134. The quantitative estimate of drug-likeness (QED) is 0.660. The van der Waals surface area contributed by atoms with Crippen molar-refractivity contribution < 1.29 is 23.9 Å². The number of alkyl carbamates (subject to hydrolysis) is 1. The van der Waals surface area contributed by atoms with Gasteiger partial charge in [0, 0.05) is 25.6 Å². The SMILES string of the molecule is CC(C)(C)OC(=O)N1CC(NC(=O)OCC2c3ccccc3-c3ccccc32)CC1C(=O)N1CCCC1. The molecule has 8 heteroatoms. The van der Waals surface area contributed by atoms with Crippen molar-refractivity contribution in [3.05, 3.63) is 59.7 Å². The van der Waals surface area contributed by atoms with Crippen molar-refractivity contribution in [1.82, 2.24) is 15.1 Å². The minimum atomic E-state index is -0.684. The van der Waals surface area contributed by atoms with E-state index in [9.17, 15) is 14.4 Å². The Morgan fingerprint density at radius 2 is 1.54 bits per heavy atom. The summed E-state index contributed by atoms with van der Waals surface area (Å²) in [5.74, 6) is -0.121. The normalized spacial score (nSPS) is 20.9. The zero-order chi connectivity index (χ0) is 26.2. The molecular weight excluding hydrogens is 470 g/mol. The van der Waals surface area contributed by atoms with Crippen LogP contribution in [0.3, 0.4) is 0 Å². The molecule has 1 N–H and O–H groups in total. The van der Waals surface area contributed by atoms with Crippen LogP contribution in [0.25, 0.3) is 11.1 Å². The van der Waals surface area contributed by atoms with Crippen LogP contribution in [0.15, 0.2) is 48.5 Å². The van der Waals surface area contributed by atoms with Crippen LogP contribution in [0, 0.1) is 0 Å². The van der Waals surface area contributed by atoms with Gasteiger partial charge in [-0.1, -0.05) is 48.5 Å². The van der Waals surface area contributed by atoms with Crippen molar-refractivity contribution >= 4 is 18.1 Å². The number of rotatable bonds is 4. The van der Waals surface area contributed by atoms with Crippen molar-refractivity contribution in [2.75, 3.05) is 26.2 Å². The second-order valence-electron chi connectivity index (χ2n) is 11.1. The van der Waals surface area contributed by atoms with Crippen molar-refractivity contribution in [3.8, 4) is 11.1 Å². The van der Waals surface area contributed by atoms with Crippen LogP contribution in [-0.4, -0.2) is 71.8 Å². The Balaban J connectivity index is 1.24. The van der Waals surface area contributed by atoms with E-state index in [4.69, 9.17) is 9.47 Å². The van der Waals surface area contributed by atoms with Crippen LogP contribution in [0.5, 0.6) is 0 Å². The largest absolute Gasteiger partial charge is 0.449 e. The summed E-state index contributed by atoms with van der Waals surface area (Å²) in [5.41, 5.74) is 3.93. The second kappa shape index (κ2) is 10.1. The average Bonchev–Trinajstić information content (AvgIpc) is 3.60. The van der Waals surface area contributed by atoms with Gasteiger partial charge < -0.3 is 19.7 Å². The summed E-state index contributed by atoms with van der Waals surface area (Å²) < 4.78 is 11.3. The fraction of sp³-hybridized carbons (Fsp3) is 0.483. The highest BCUT2D eigenvalue weighted by atomic mass is 16.6. The third kappa shape index (κ3) is 5.29. The predicted octanol–water partition coefficient (Wildman–Crippen LogP) is 4.53. The molecule has 2 aromatic rings. The topological polar surface area (TPSA) is 88.2 Å². The maximum atomic E-state index is 13.2. The van der Waals surface area contributed by atoms with Gasteiger partial charge in [-0.05, 0) is 62.3 Å². The van der Waals surface area contributed by atoms with E-state index in [1.54, 1.807) is 25.7 Å². The highest BCUT2D eigenvalue weighted by Crippen LogP contribution is 2.44. The maximum Gasteiger partial charge on any atom is 0.411 e. The molecule has 2 saturated heterocycles. The molecule has 3 amide bonds. The molecule has 2 heterocycles. The van der Waals surface area contributed by atoms with Crippen molar-refractivity contribution in [1.29, 1.82) is 0 Å². The van der Waals surface area contributed by atoms with E-state index in [1.807, 2.05) is 24.3 Å². The van der Waals surface area contributed by atoms with Crippen molar-refractivity contribution in [3.63, 3.8) is 0 Å². The third-order valence-corrected chi connectivity index (χ3v) is 7.30. The summed E-state index contributed by atoms with van der Waals surface area (Å²) in [6.45, 7) is 7.19. The number of hydrogen-bond donors (Lipinski definition) is 1. The van der Waals surface area contributed by atoms with Gasteiger partial charge in [-0.3, -0.25) is 9.69 Å². The summed E-state index contributed by atoms with van der Waals surface area (Å²) in [6, 6.07) is 15.3. The molecule has 1 aliphatic carbocycles. The van der Waals surface area contributed by atoms with E-state index in [2.05, 4.69) is 29.6 Å². The smallest absolute Gasteiger partial charge is 0.411 e. The first-order valence-corrected chi connectivity index (χ1v) is 13.1. The number of fused-ring (bicyclic) bond motifs is 3. The summed E-state index contributed by atoms with van der Waals surface area (Å²) in [6.07, 6.45) is 1.17. The van der Waals surface area contributed by atoms with Crippen molar-refractivity contribution in [2.45, 2.75) is 63.6 Å². The molecule has 0 spiro atoms. The molecule has 196 valence electrons. The minimum Gasteiger partial charge on any atom is -0.449 e. The summed E-state index contributed by atoms with van der Waals surface area (Å²) >= 11 is 0. The number of carbonyl (C=O) groups excluding carboxylic acids is 3. The molecule has 2 unspecified atom stereocenters. The van der Waals surface area contributed by atoms with E-state index in [-0.39, 0.29) is 25.0 Å². The van der Waals surface area contributed by atoms with Gasteiger partial charge in [0.05, 0.1) is 6.04 Å². The molecule has 2 atom stereocenters. The third-order valence-electron chi connectivity index (χ3n) is 7.30. The van der Waals surface area contributed by atoms with Gasteiger partial charge in [-0.25, -0.2) is 9.59 Å². The number of likely N-dealkylation sites (tertiary alicyclic amines) is 2. The van der Waals surface area contributed by atoms with Crippen LogP contribution < -0.4 is 5.32 Å². The monoisotopic (exact) mass is 505 g/mol. The molecule has 2 aliphatic heterocycles. The van der Waals surface area contributed by atoms with Crippen LogP contribution >= 0.6 is 0 Å². The van der Waals surface area contributed by atoms with Crippen LogP contribution in [0.4, 0.5) is 9.59 Å². The van der Waals surface area contributed by atoms with Crippen molar-refractivity contribution in [2.24, 2.45) is 0 Å². The van der Waals surface area contributed by atoms with Gasteiger partial charge in [-0.15, -0.1) is 0 Å². The standard InChI is InChI=1S/C29H35N3O5/c1-29(2,3)37-28(35)32-17-19(16-25(32)26(33)31-14-8-9-15-31)30-27(34)36-18-24-22-12-6-4-10-20(22)21-11-5-7-13-23(21)24/h4-7,10-13,19,24-25H,8-9,14-18H2,1-3H3,(H,30,34).